The first kappa shape index (κ1) is 24.0. The van der Waals surface area contributed by atoms with Crippen LogP contribution in [0.1, 0.15) is 40.5 Å². The number of halogens is 6. The summed E-state index contributed by atoms with van der Waals surface area (Å²) < 4.78 is 78.3. The fraction of sp³-hybridized carbons (Fsp3) is 0.250. The second kappa shape index (κ2) is 8.87. The highest BCUT2D eigenvalue weighted by atomic mass is 32.1. The molecule has 0 aromatic carbocycles. The number of carbonyl (C=O) groups is 1. The molecule has 1 amide bonds. The lowest BCUT2D eigenvalue weighted by Crippen LogP contribution is -2.29. The summed E-state index contributed by atoms with van der Waals surface area (Å²) >= 11 is 0. The average Bonchev–Trinajstić information content (AvgIpc) is 3.14. The Hall–Kier alpha value is -3.23. The number of amides is 1. The van der Waals surface area contributed by atoms with E-state index in [4.69, 9.17) is 0 Å². The molecule has 0 aliphatic rings. The maximum absolute atomic E-state index is 13.1. The molecule has 0 spiro atoms. The number of alkyl halides is 6. The maximum Gasteiger partial charge on any atom is 0.453 e. The normalized spacial score (nSPS) is 12.7. The molecule has 166 valence electrons. The van der Waals surface area contributed by atoms with Gasteiger partial charge in [0.15, 0.2) is 5.82 Å². The van der Waals surface area contributed by atoms with E-state index in [0.717, 1.165) is 6.20 Å². The summed E-state index contributed by atoms with van der Waals surface area (Å²) in [6, 6.07) is 0.803. The van der Waals surface area contributed by atoms with E-state index in [1.165, 1.54) is 25.4 Å². The molecule has 0 saturated carbocycles. The molecule has 8 nitrogen and oxygen atoms in total. The predicted molar refractivity (Wildman–Crippen MR) is 97.5 cm³/mol. The van der Waals surface area contributed by atoms with Crippen molar-refractivity contribution in [1.82, 2.24) is 35.0 Å². The number of nitrogens with zero attached hydrogens (tertiary/aromatic N) is 6. The van der Waals surface area contributed by atoms with Crippen LogP contribution in [0.4, 0.5) is 26.3 Å². The van der Waals surface area contributed by atoms with E-state index in [1.807, 2.05) is 0 Å². The van der Waals surface area contributed by atoms with Crippen molar-refractivity contribution < 1.29 is 31.1 Å². The fourth-order valence-electron chi connectivity index (χ4n) is 2.34. The Balaban J connectivity index is 0.00000341. The zero-order valence-electron chi connectivity index (χ0n) is 15.4. The van der Waals surface area contributed by atoms with Crippen molar-refractivity contribution in [3.63, 3.8) is 0 Å². The first-order valence-electron chi connectivity index (χ1n) is 8.11. The molecular formula is C16H13F6N7OS. The van der Waals surface area contributed by atoms with Gasteiger partial charge in [-0.15, -0.1) is 5.10 Å². The van der Waals surface area contributed by atoms with Gasteiger partial charge in [0.05, 0.1) is 17.2 Å². The molecule has 3 rings (SSSR count). The third-order valence-electron chi connectivity index (χ3n) is 3.69. The topological polar surface area (TPSA) is 98.5 Å². The van der Waals surface area contributed by atoms with Gasteiger partial charge in [0.2, 0.25) is 0 Å². The Morgan fingerprint density at radius 2 is 1.71 bits per heavy atom. The van der Waals surface area contributed by atoms with E-state index < -0.39 is 41.3 Å². The van der Waals surface area contributed by atoms with Gasteiger partial charge in [-0.3, -0.25) is 9.78 Å². The highest BCUT2D eigenvalue weighted by molar-refractivity contribution is 7.59. The zero-order valence-corrected chi connectivity index (χ0v) is 16.4. The number of nitrogens with one attached hydrogen (secondary N) is 1. The molecule has 1 N–H and O–H groups in total. The number of rotatable bonds is 4. The molecule has 0 aliphatic carbocycles. The third kappa shape index (κ3) is 5.48. The molecule has 3 aromatic rings. The van der Waals surface area contributed by atoms with Crippen molar-refractivity contribution in [2.24, 2.45) is 0 Å². The lowest BCUT2D eigenvalue weighted by atomic mass is 10.2. The summed E-state index contributed by atoms with van der Waals surface area (Å²) in [5.41, 5.74) is -1.59. The lowest BCUT2D eigenvalue weighted by Gasteiger charge is -2.14. The SMILES string of the molecule is C[C@H](NC(=O)c1cncc(C(F)(F)F)c1)c1nc(C(F)(F)F)nn1-c1ncccn1.S. The first-order valence-corrected chi connectivity index (χ1v) is 8.11. The lowest BCUT2D eigenvalue weighted by molar-refractivity contribution is -0.145. The molecule has 3 heterocycles. The standard InChI is InChI=1S/C16H11F6N7O.H2S/c1-8(26-12(30)9-5-10(7-23-6-9)15(17,18)19)11-27-13(16(20,21)22)28-29(11)14-24-3-2-4-25-14;/h2-8H,1H3,(H,26,30);1H2/t8-;/m0./s1. The van der Waals surface area contributed by atoms with Gasteiger partial charge in [-0.1, -0.05) is 0 Å². The number of pyridine rings is 1. The van der Waals surface area contributed by atoms with Gasteiger partial charge in [-0.2, -0.15) is 44.5 Å². The first-order chi connectivity index (χ1) is 14.0. The van der Waals surface area contributed by atoms with Crippen molar-refractivity contribution in [1.29, 1.82) is 0 Å². The van der Waals surface area contributed by atoms with Crippen LogP contribution in [0.3, 0.4) is 0 Å². The number of aromatic nitrogens is 6. The molecule has 1 atom stereocenters. The summed E-state index contributed by atoms with van der Waals surface area (Å²) in [5, 5.41) is 5.62. The molecule has 3 aromatic heterocycles. The Morgan fingerprint density at radius 1 is 1.06 bits per heavy atom. The largest absolute Gasteiger partial charge is 0.453 e. The predicted octanol–water partition coefficient (Wildman–Crippen LogP) is 3.09. The highest BCUT2D eigenvalue weighted by Crippen LogP contribution is 2.30. The summed E-state index contributed by atoms with van der Waals surface area (Å²) in [5.74, 6) is -3.11. The Morgan fingerprint density at radius 3 is 2.29 bits per heavy atom. The van der Waals surface area contributed by atoms with Gasteiger partial charge in [0, 0.05) is 24.8 Å². The van der Waals surface area contributed by atoms with Crippen LogP contribution in [-0.4, -0.2) is 35.6 Å². The number of hydrogen-bond acceptors (Lipinski definition) is 6. The van der Waals surface area contributed by atoms with Gasteiger partial charge in [-0.25, -0.2) is 15.0 Å². The zero-order chi connectivity index (χ0) is 22.1. The average molecular weight is 465 g/mol. The van der Waals surface area contributed by atoms with Gasteiger partial charge in [0.1, 0.15) is 0 Å². The van der Waals surface area contributed by atoms with Gasteiger partial charge >= 0.3 is 12.4 Å². The van der Waals surface area contributed by atoms with E-state index in [-0.39, 0.29) is 25.3 Å². The van der Waals surface area contributed by atoms with Crippen molar-refractivity contribution in [2.75, 3.05) is 0 Å². The van der Waals surface area contributed by atoms with E-state index >= 15 is 0 Å². The van der Waals surface area contributed by atoms with E-state index in [0.29, 0.717) is 16.9 Å². The molecular weight excluding hydrogens is 452 g/mol. The van der Waals surface area contributed by atoms with E-state index in [2.05, 4.69) is 30.4 Å². The fourth-order valence-corrected chi connectivity index (χ4v) is 2.34. The van der Waals surface area contributed by atoms with Crippen molar-refractivity contribution >= 4 is 19.4 Å². The molecule has 0 radical (unpaired) electrons. The molecule has 0 fully saturated rings. The van der Waals surface area contributed by atoms with Gasteiger partial charge in [0.25, 0.3) is 17.7 Å². The van der Waals surface area contributed by atoms with Crippen LogP contribution >= 0.6 is 13.5 Å². The molecule has 15 heteroatoms. The van der Waals surface area contributed by atoms with Crippen LogP contribution in [0.2, 0.25) is 0 Å². The molecule has 0 aliphatic heterocycles. The van der Waals surface area contributed by atoms with E-state index in [9.17, 15) is 31.1 Å². The quantitative estimate of drug-likeness (QED) is 0.595. The summed E-state index contributed by atoms with van der Waals surface area (Å²) in [4.78, 5) is 26.7. The highest BCUT2D eigenvalue weighted by Gasteiger charge is 2.38. The minimum absolute atomic E-state index is 0. The Labute approximate surface area is 177 Å². The van der Waals surface area contributed by atoms with Crippen LogP contribution in [0.15, 0.2) is 36.9 Å². The summed E-state index contributed by atoms with van der Waals surface area (Å²) in [7, 11) is 0. The van der Waals surface area contributed by atoms with Crippen LogP contribution in [0.5, 0.6) is 0 Å². The van der Waals surface area contributed by atoms with Crippen LogP contribution in [0, 0.1) is 0 Å². The summed E-state index contributed by atoms with van der Waals surface area (Å²) in [6.45, 7) is 1.28. The minimum atomic E-state index is -4.89. The monoisotopic (exact) mass is 465 g/mol. The van der Waals surface area contributed by atoms with Gasteiger partial charge < -0.3 is 5.32 Å². The third-order valence-corrected chi connectivity index (χ3v) is 3.69. The van der Waals surface area contributed by atoms with Crippen LogP contribution in [-0.2, 0) is 12.4 Å². The minimum Gasteiger partial charge on any atom is -0.342 e. The maximum atomic E-state index is 13.1. The smallest absolute Gasteiger partial charge is 0.342 e. The summed E-state index contributed by atoms with van der Waals surface area (Å²) in [6.07, 6.45) is -5.65. The molecule has 0 bridgehead atoms. The van der Waals surface area contributed by atoms with Crippen LogP contribution < -0.4 is 5.32 Å². The van der Waals surface area contributed by atoms with Crippen molar-refractivity contribution in [3.8, 4) is 5.95 Å². The van der Waals surface area contributed by atoms with Gasteiger partial charge in [-0.05, 0) is 19.1 Å². The van der Waals surface area contributed by atoms with Crippen molar-refractivity contribution in [3.05, 3.63) is 59.7 Å². The molecule has 0 unspecified atom stereocenters. The second-order valence-corrected chi connectivity index (χ2v) is 5.91. The Kier molecular flexibility index (Phi) is 6.88. The Bertz CT molecular complexity index is 1050. The number of hydrogen-bond donors (Lipinski definition) is 1. The van der Waals surface area contributed by atoms with Crippen molar-refractivity contribution in [2.45, 2.75) is 25.3 Å². The molecule has 31 heavy (non-hydrogen) atoms. The number of carbonyl (C=O) groups excluding carboxylic acids is 1. The van der Waals surface area contributed by atoms with E-state index in [1.54, 1.807) is 0 Å². The molecule has 0 saturated heterocycles. The van der Waals surface area contributed by atoms with Crippen LogP contribution in [0.25, 0.3) is 5.95 Å². The second-order valence-electron chi connectivity index (χ2n) is 5.91.